The normalized spacial score (nSPS) is 12.0. The van der Waals surface area contributed by atoms with Crippen LogP contribution >= 0.6 is 0 Å². The van der Waals surface area contributed by atoms with Gasteiger partial charge in [0, 0.05) is 12.8 Å². The minimum Gasteiger partial charge on any atom is -0.393 e. The third-order valence-electron chi connectivity index (χ3n) is 3.61. The number of hydrogen-bond donors (Lipinski definition) is 1. The number of aliphatic hydroxyl groups is 1. The highest BCUT2D eigenvalue weighted by atomic mass is 16.3. The third kappa shape index (κ3) is 5.92. The molecule has 0 amide bonds. The van der Waals surface area contributed by atoms with Crippen LogP contribution in [-0.4, -0.2) is 17.0 Å². The lowest BCUT2D eigenvalue weighted by atomic mass is 10.0. The minimum atomic E-state index is -0.534. The first-order valence-corrected chi connectivity index (χ1v) is 7.51. The monoisotopic (exact) mass is 282 g/mol. The minimum absolute atomic E-state index is 0.138. The summed E-state index contributed by atoms with van der Waals surface area (Å²) in [5.41, 5.74) is 2.37. The lowest BCUT2D eigenvalue weighted by molar-refractivity contribution is -0.120. The van der Waals surface area contributed by atoms with Gasteiger partial charge in [-0.2, -0.15) is 0 Å². The van der Waals surface area contributed by atoms with Crippen molar-refractivity contribution in [2.45, 2.75) is 38.2 Å². The summed E-state index contributed by atoms with van der Waals surface area (Å²) in [6.07, 6.45) is 2.44. The molecule has 1 atom stereocenters. The lowest BCUT2D eigenvalue weighted by Gasteiger charge is -2.10. The first-order chi connectivity index (χ1) is 10.2. The van der Waals surface area contributed by atoms with Crippen LogP contribution in [-0.2, 0) is 17.6 Å². The summed E-state index contributed by atoms with van der Waals surface area (Å²) in [4.78, 5) is 11.9. The average Bonchev–Trinajstić information content (AvgIpc) is 2.53. The average molecular weight is 282 g/mol. The van der Waals surface area contributed by atoms with Gasteiger partial charge in [0.05, 0.1) is 6.10 Å². The number of hydrogen-bond acceptors (Lipinski definition) is 2. The molecule has 0 aliphatic heterocycles. The third-order valence-corrected chi connectivity index (χ3v) is 3.61. The highest BCUT2D eigenvalue weighted by Gasteiger charge is 2.11. The number of aryl methyl sites for hydroxylation is 2. The van der Waals surface area contributed by atoms with Gasteiger partial charge in [-0.05, 0) is 30.4 Å². The molecule has 0 aromatic heterocycles. The molecule has 0 bridgehead atoms. The van der Waals surface area contributed by atoms with E-state index in [0.29, 0.717) is 12.8 Å². The predicted octanol–water partition coefficient (Wildman–Crippen LogP) is 3.57. The Morgan fingerprint density at radius 2 is 1.38 bits per heavy atom. The van der Waals surface area contributed by atoms with E-state index in [1.165, 1.54) is 11.1 Å². The van der Waals surface area contributed by atoms with Crippen LogP contribution in [0.25, 0.3) is 0 Å². The first kappa shape index (κ1) is 15.5. The maximum atomic E-state index is 11.9. The van der Waals surface area contributed by atoms with Crippen LogP contribution in [0.15, 0.2) is 60.7 Å². The van der Waals surface area contributed by atoms with Crippen LogP contribution in [0.5, 0.6) is 0 Å². The van der Waals surface area contributed by atoms with Crippen molar-refractivity contribution in [3.63, 3.8) is 0 Å². The Hall–Kier alpha value is -1.93. The molecule has 0 radical (unpaired) electrons. The number of carbonyl (C=O) groups is 1. The molecule has 0 aliphatic carbocycles. The molecule has 1 N–H and O–H groups in total. The van der Waals surface area contributed by atoms with Gasteiger partial charge in [0.1, 0.15) is 5.78 Å². The van der Waals surface area contributed by atoms with Gasteiger partial charge in [-0.15, -0.1) is 0 Å². The summed E-state index contributed by atoms with van der Waals surface area (Å²) in [7, 11) is 0. The van der Waals surface area contributed by atoms with E-state index in [4.69, 9.17) is 0 Å². The molecular weight excluding hydrogens is 260 g/mol. The van der Waals surface area contributed by atoms with E-state index < -0.39 is 6.10 Å². The van der Waals surface area contributed by atoms with E-state index in [-0.39, 0.29) is 12.2 Å². The van der Waals surface area contributed by atoms with Crippen LogP contribution in [0.1, 0.15) is 30.4 Å². The standard InChI is InChI=1S/C19H22O2/c20-18(13-11-16-7-3-1-4-8-16)15-19(21)14-12-17-9-5-2-6-10-17/h1-10,18,20H,11-15H2/t18-/m0/s1. The fourth-order valence-corrected chi connectivity index (χ4v) is 2.37. The van der Waals surface area contributed by atoms with E-state index in [1.807, 2.05) is 60.7 Å². The Labute approximate surface area is 126 Å². The molecule has 0 saturated heterocycles. The molecule has 0 aliphatic rings. The second kappa shape index (κ2) is 8.38. The van der Waals surface area contributed by atoms with Crippen molar-refractivity contribution in [3.05, 3.63) is 71.8 Å². The molecule has 21 heavy (non-hydrogen) atoms. The quantitative estimate of drug-likeness (QED) is 0.803. The van der Waals surface area contributed by atoms with Gasteiger partial charge in [0.2, 0.25) is 0 Å². The molecule has 2 rings (SSSR count). The predicted molar refractivity (Wildman–Crippen MR) is 85.2 cm³/mol. The van der Waals surface area contributed by atoms with Gasteiger partial charge in [-0.1, -0.05) is 60.7 Å². The number of benzene rings is 2. The van der Waals surface area contributed by atoms with E-state index >= 15 is 0 Å². The molecule has 0 saturated carbocycles. The van der Waals surface area contributed by atoms with E-state index in [2.05, 4.69) is 0 Å². The van der Waals surface area contributed by atoms with Crippen LogP contribution in [0.3, 0.4) is 0 Å². The van der Waals surface area contributed by atoms with Crippen molar-refractivity contribution < 1.29 is 9.90 Å². The summed E-state index contributed by atoms with van der Waals surface area (Å²) in [6, 6.07) is 20.0. The fourth-order valence-electron chi connectivity index (χ4n) is 2.37. The molecule has 2 aromatic carbocycles. The number of Topliss-reactive ketones (excluding diaryl/α,β-unsaturated/α-hetero) is 1. The molecule has 2 nitrogen and oxygen atoms in total. The maximum absolute atomic E-state index is 11.9. The topological polar surface area (TPSA) is 37.3 Å². The summed E-state index contributed by atoms with van der Waals surface area (Å²) in [6.45, 7) is 0. The van der Waals surface area contributed by atoms with Gasteiger partial charge >= 0.3 is 0 Å². The first-order valence-electron chi connectivity index (χ1n) is 7.51. The Balaban J connectivity index is 1.67. The molecule has 0 spiro atoms. The number of rotatable bonds is 8. The molecule has 2 heteroatoms. The molecule has 0 unspecified atom stereocenters. The maximum Gasteiger partial charge on any atom is 0.135 e. The highest BCUT2D eigenvalue weighted by Crippen LogP contribution is 2.10. The van der Waals surface area contributed by atoms with Crippen molar-refractivity contribution >= 4 is 5.78 Å². The van der Waals surface area contributed by atoms with Gasteiger partial charge < -0.3 is 5.11 Å². The van der Waals surface area contributed by atoms with Gasteiger partial charge in [0.15, 0.2) is 0 Å². The Bertz CT molecular complexity index is 534. The number of ketones is 1. The van der Waals surface area contributed by atoms with E-state index in [1.54, 1.807) is 0 Å². The van der Waals surface area contributed by atoms with Crippen molar-refractivity contribution in [2.24, 2.45) is 0 Å². The molecule has 2 aromatic rings. The van der Waals surface area contributed by atoms with E-state index in [9.17, 15) is 9.90 Å². The van der Waals surface area contributed by atoms with Gasteiger partial charge in [-0.25, -0.2) is 0 Å². The van der Waals surface area contributed by atoms with E-state index in [0.717, 1.165) is 12.8 Å². The van der Waals surface area contributed by atoms with Crippen LogP contribution < -0.4 is 0 Å². The SMILES string of the molecule is O=C(CCc1ccccc1)C[C@@H](O)CCc1ccccc1. The van der Waals surface area contributed by atoms with Crippen molar-refractivity contribution in [1.29, 1.82) is 0 Å². The molecule has 110 valence electrons. The zero-order valence-corrected chi connectivity index (χ0v) is 12.2. The van der Waals surface area contributed by atoms with Crippen molar-refractivity contribution in [1.82, 2.24) is 0 Å². The fraction of sp³-hybridized carbons (Fsp3) is 0.316. The number of carbonyl (C=O) groups excluding carboxylic acids is 1. The summed E-state index contributed by atoms with van der Waals surface area (Å²) >= 11 is 0. The second-order valence-corrected chi connectivity index (χ2v) is 5.41. The van der Waals surface area contributed by atoms with Crippen LogP contribution in [0.2, 0.25) is 0 Å². The Kier molecular flexibility index (Phi) is 6.17. The zero-order valence-electron chi connectivity index (χ0n) is 12.2. The van der Waals surface area contributed by atoms with Crippen LogP contribution in [0.4, 0.5) is 0 Å². The van der Waals surface area contributed by atoms with Crippen molar-refractivity contribution in [2.75, 3.05) is 0 Å². The second-order valence-electron chi connectivity index (χ2n) is 5.41. The Morgan fingerprint density at radius 1 is 0.857 bits per heavy atom. The lowest BCUT2D eigenvalue weighted by Crippen LogP contribution is -2.14. The molecule has 0 fully saturated rings. The van der Waals surface area contributed by atoms with Gasteiger partial charge in [-0.3, -0.25) is 4.79 Å². The summed E-state index contributed by atoms with van der Waals surface area (Å²) < 4.78 is 0. The van der Waals surface area contributed by atoms with Gasteiger partial charge in [0.25, 0.3) is 0 Å². The van der Waals surface area contributed by atoms with Crippen LogP contribution in [0, 0.1) is 0 Å². The largest absolute Gasteiger partial charge is 0.393 e. The highest BCUT2D eigenvalue weighted by molar-refractivity contribution is 5.79. The van der Waals surface area contributed by atoms with Crippen molar-refractivity contribution in [3.8, 4) is 0 Å². The number of aliphatic hydroxyl groups excluding tert-OH is 1. The summed E-state index contributed by atoms with van der Waals surface area (Å²) in [5.74, 6) is 0.138. The zero-order chi connectivity index (χ0) is 14.9. The molecule has 0 heterocycles. The smallest absolute Gasteiger partial charge is 0.135 e. The Morgan fingerprint density at radius 3 is 1.95 bits per heavy atom. The summed E-state index contributed by atoms with van der Waals surface area (Å²) in [5, 5.41) is 9.96. The molecular formula is C19H22O2.